The van der Waals surface area contributed by atoms with Crippen molar-refractivity contribution in [3.05, 3.63) is 29.8 Å². The highest BCUT2D eigenvalue weighted by atomic mass is 16.5. The number of methoxy groups -OCH3 is 1. The largest absolute Gasteiger partial charge is 0.496 e. The third kappa shape index (κ3) is 2.70. The smallest absolute Gasteiger partial charge is 0.312 e. The van der Waals surface area contributed by atoms with Gasteiger partial charge in [0.1, 0.15) is 5.75 Å². The number of aliphatic carboxylic acids is 1. The second-order valence-corrected chi connectivity index (χ2v) is 3.19. The van der Waals surface area contributed by atoms with Crippen LogP contribution in [0.4, 0.5) is 0 Å². The molecule has 0 aliphatic carbocycles. The minimum atomic E-state index is -0.853. The Morgan fingerprint density at radius 3 is 2.73 bits per heavy atom. The van der Waals surface area contributed by atoms with Crippen molar-refractivity contribution in [1.29, 1.82) is 0 Å². The summed E-state index contributed by atoms with van der Waals surface area (Å²) >= 11 is 0. The minimum absolute atomic E-state index is 0.385. The number of carboxylic acids is 1. The normalized spacial score (nSPS) is 12.1. The van der Waals surface area contributed by atoms with E-state index in [1.807, 2.05) is 12.1 Å². The number of hydrogen-bond donors (Lipinski definition) is 2. The number of ether oxygens (including phenoxy) is 1. The Labute approximate surface area is 88.9 Å². The molecule has 2 N–H and O–H groups in total. The van der Waals surface area contributed by atoms with Crippen molar-refractivity contribution in [2.24, 2.45) is 0 Å². The Bertz CT molecular complexity index is 338. The van der Waals surface area contributed by atoms with E-state index in [0.29, 0.717) is 17.9 Å². The Morgan fingerprint density at radius 1 is 1.53 bits per heavy atom. The average Bonchev–Trinajstić information content (AvgIpc) is 2.25. The standard InChI is InChI=1S/C11H15NO3/c1-12-7-9(11(13)14)8-5-3-4-6-10(8)15-2/h3-6,9,12H,7H2,1-2H3,(H,13,14). The summed E-state index contributed by atoms with van der Waals surface area (Å²) < 4.78 is 5.13. The van der Waals surface area contributed by atoms with Crippen LogP contribution in [0.15, 0.2) is 24.3 Å². The molecule has 0 bridgehead atoms. The molecule has 0 aliphatic rings. The van der Waals surface area contributed by atoms with Gasteiger partial charge in [-0.3, -0.25) is 4.79 Å². The molecule has 0 spiro atoms. The van der Waals surface area contributed by atoms with Crippen LogP contribution in [0.2, 0.25) is 0 Å². The highest BCUT2D eigenvalue weighted by molar-refractivity contribution is 5.77. The van der Waals surface area contributed by atoms with Crippen LogP contribution < -0.4 is 10.1 Å². The lowest BCUT2D eigenvalue weighted by Crippen LogP contribution is -2.24. The van der Waals surface area contributed by atoms with Gasteiger partial charge in [-0.25, -0.2) is 0 Å². The van der Waals surface area contributed by atoms with Crippen LogP contribution in [-0.2, 0) is 4.79 Å². The summed E-state index contributed by atoms with van der Waals surface area (Å²) in [5.74, 6) is -0.819. The molecule has 0 heterocycles. The zero-order chi connectivity index (χ0) is 11.3. The average molecular weight is 209 g/mol. The molecule has 0 saturated carbocycles. The predicted molar refractivity (Wildman–Crippen MR) is 57.3 cm³/mol. The van der Waals surface area contributed by atoms with Gasteiger partial charge in [-0.15, -0.1) is 0 Å². The van der Waals surface area contributed by atoms with E-state index >= 15 is 0 Å². The molecule has 0 radical (unpaired) electrons. The van der Waals surface area contributed by atoms with E-state index in [-0.39, 0.29) is 0 Å². The van der Waals surface area contributed by atoms with Gasteiger partial charge in [0.05, 0.1) is 13.0 Å². The molecule has 1 atom stereocenters. The Balaban J connectivity index is 3.04. The van der Waals surface area contributed by atoms with Gasteiger partial charge in [-0.1, -0.05) is 18.2 Å². The zero-order valence-corrected chi connectivity index (χ0v) is 8.86. The maximum Gasteiger partial charge on any atom is 0.312 e. The molecule has 0 amide bonds. The first-order chi connectivity index (χ1) is 7.20. The predicted octanol–water partition coefficient (Wildman–Crippen LogP) is 1.08. The molecule has 15 heavy (non-hydrogen) atoms. The van der Waals surface area contributed by atoms with Gasteiger partial charge >= 0.3 is 5.97 Å². The number of nitrogens with one attached hydrogen (secondary N) is 1. The number of rotatable bonds is 5. The molecule has 1 rings (SSSR count). The lowest BCUT2D eigenvalue weighted by atomic mass is 9.98. The van der Waals surface area contributed by atoms with E-state index in [0.717, 1.165) is 0 Å². The minimum Gasteiger partial charge on any atom is -0.496 e. The summed E-state index contributed by atoms with van der Waals surface area (Å²) in [5, 5.41) is 11.9. The zero-order valence-electron chi connectivity index (χ0n) is 8.86. The van der Waals surface area contributed by atoms with Gasteiger partial charge in [-0.05, 0) is 13.1 Å². The number of carboxylic acid groups (broad SMARTS) is 1. The lowest BCUT2D eigenvalue weighted by molar-refractivity contribution is -0.138. The third-order valence-corrected chi connectivity index (χ3v) is 2.22. The number of carbonyl (C=O) groups is 1. The summed E-state index contributed by atoms with van der Waals surface area (Å²) in [6.07, 6.45) is 0. The van der Waals surface area contributed by atoms with E-state index in [1.54, 1.807) is 19.2 Å². The van der Waals surface area contributed by atoms with Crippen LogP contribution in [-0.4, -0.2) is 31.8 Å². The molecule has 0 saturated heterocycles. The quantitative estimate of drug-likeness (QED) is 0.762. The first kappa shape index (κ1) is 11.5. The summed E-state index contributed by atoms with van der Waals surface area (Å²) in [7, 11) is 3.27. The SMILES string of the molecule is CNCC(C(=O)O)c1ccccc1OC. The molecule has 1 aromatic rings. The van der Waals surface area contributed by atoms with E-state index in [1.165, 1.54) is 7.11 Å². The maximum atomic E-state index is 11.1. The Hall–Kier alpha value is -1.55. The number of likely N-dealkylation sites (N-methyl/N-ethyl adjacent to an activating group) is 1. The molecule has 4 nitrogen and oxygen atoms in total. The fourth-order valence-electron chi connectivity index (χ4n) is 1.49. The Morgan fingerprint density at radius 2 is 2.20 bits per heavy atom. The van der Waals surface area contributed by atoms with Crippen LogP contribution >= 0.6 is 0 Å². The monoisotopic (exact) mass is 209 g/mol. The van der Waals surface area contributed by atoms with E-state index < -0.39 is 11.9 Å². The molecule has 0 aromatic heterocycles. The molecule has 1 aromatic carbocycles. The molecular formula is C11H15NO3. The first-order valence-corrected chi connectivity index (χ1v) is 4.71. The summed E-state index contributed by atoms with van der Waals surface area (Å²) in [6.45, 7) is 0.385. The van der Waals surface area contributed by atoms with Crippen LogP contribution in [0.25, 0.3) is 0 Å². The van der Waals surface area contributed by atoms with E-state index in [4.69, 9.17) is 9.84 Å². The van der Waals surface area contributed by atoms with Crippen molar-refractivity contribution in [3.63, 3.8) is 0 Å². The number of hydrogen-bond acceptors (Lipinski definition) is 3. The fraction of sp³-hybridized carbons (Fsp3) is 0.364. The number of benzene rings is 1. The summed E-state index contributed by atoms with van der Waals surface area (Å²) in [6, 6.07) is 7.17. The van der Waals surface area contributed by atoms with Crippen molar-refractivity contribution < 1.29 is 14.6 Å². The van der Waals surface area contributed by atoms with Crippen molar-refractivity contribution in [3.8, 4) is 5.75 Å². The number of para-hydroxylation sites is 1. The van der Waals surface area contributed by atoms with E-state index in [2.05, 4.69) is 5.32 Å². The second kappa shape index (κ2) is 5.36. The van der Waals surface area contributed by atoms with E-state index in [9.17, 15) is 4.79 Å². The molecule has 82 valence electrons. The van der Waals surface area contributed by atoms with Crippen molar-refractivity contribution in [2.75, 3.05) is 20.7 Å². The van der Waals surface area contributed by atoms with Crippen LogP contribution in [0.3, 0.4) is 0 Å². The molecule has 4 heteroatoms. The first-order valence-electron chi connectivity index (χ1n) is 4.71. The van der Waals surface area contributed by atoms with Gasteiger partial charge < -0.3 is 15.2 Å². The van der Waals surface area contributed by atoms with Crippen LogP contribution in [0, 0.1) is 0 Å². The molecule has 0 fully saturated rings. The highest BCUT2D eigenvalue weighted by Gasteiger charge is 2.21. The highest BCUT2D eigenvalue weighted by Crippen LogP contribution is 2.26. The van der Waals surface area contributed by atoms with Gasteiger partial charge in [0.25, 0.3) is 0 Å². The summed E-state index contributed by atoms with van der Waals surface area (Å²) in [4.78, 5) is 11.1. The third-order valence-electron chi connectivity index (χ3n) is 2.22. The summed E-state index contributed by atoms with van der Waals surface area (Å²) in [5.41, 5.74) is 0.696. The van der Waals surface area contributed by atoms with Gasteiger partial charge in [0.15, 0.2) is 0 Å². The maximum absolute atomic E-state index is 11.1. The topological polar surface area (TPSA) is 58.6 Å². The fourth-order valence-corrected chi connectivity index (χ4v) is 1.49. The molecule has 0 aliphatic heterocycles. The van der Waals surface area contributed by atoms with Crippen molar-refractivity contribution >= 4 is 5.97 Å². The van der Waals surface area contributed by atoms with Gasteiger partial charge in [0.2, 0.25) is 0 Å². The molecular weight excluding hydrogens is 194 g/mol. The van der Waals surface area contributed by atoms with Gasteiger partial charge in [0, 0.05) is 12.1 Å². The second-order valence-electron chi connectivity index (χ2n) is 3.19. The van der Waals surface area contributed by atoms with Crippen molar-refractivity contribution in [1.82, 2.24) is 5.32 Å². The van der Waals surface area contributed by atoms with Crippen molar-refractivity contribution in [2.45, 2.75) is 5.92 Å². The van der Waals surface area contributed by atoms with Crippen LogP contribution in [0.5, 0.6) is 5.75 Å². The Kier molecular flexibility index (Phi) is 4.12. The molecule has 1 unspecified atom stereocenters. The van der Waals surface area contributed by atoms with Gasteiger partial charge in [-0.2, -0.15) is 0 Å². The lowest BCUT2D eigenvalue weighted by Gasteiger charge is -2.15. The van der Waals surface area contributed by atoms with Crippen LogP contribution in [0.1, 0.15) is 11.5 Å².